The fourth-order valence-electron chi connectivity index (χ4n) is 2.75. The van der Waals surface area contributed by atoms with Crippen LogP contribution in [0, 0.1) is 18.3 Å². The predicted octanol–water partition coefficient (Wildman–Crippen LogP) is 1.75. The number of rotatable bonds is 4. The molecule has 0 aliphatic carbocycles. The first-order valence-electron chi connectivity index (χ1n) is 7.70. The van der Waals surface area contributed by atoms with Crippen molar-refractivity contribution in [3.63, 3.8) is 0 Å². The van der Waals surface area contributed by atoms with Crippen LogP contribution in [-0.2, 0) is 0 Å². The zero-order valence-corrected chi connectivity index (χ0v) is 13.0. The minimum Gasteiger partial charge on any atom is -0.357 e. The molecular formula is C16H25N5. The van der Waals surface area contributed by atoms with Gasteiger partial charge < -0.3 is 14.8 Å². The van der Waals surface area contributed by atoms with E-state index in [1.54, 1.807) is 0 Å². The Labute approximate surface area is 127 Å². The highest BCUT2D eigenvalue weighted by Gasteiger charge is 2.28. The van der Waals surface area contributed by atoms with Crippen LogP contribution in [0.2, 0.25) is 0 Å². The highest BCUT2D eigenvalue weighted by Crippen LogP contribution is 2.27. The van der Waals surface area contributed by atoms with E-state index in [4.69, 9.17) is 6.42 Å². The number of guanidine groups is 1. The third-order valence-corrected chi connectivity index (χ3v) is 3.98. The fraction of sp³-hybridized carbons (Fsp3) is 0.625. The number of imidazole rings is 1. The van der Waals surface area contributed by atoms with E-state index in [0.717, 1.165) is 32.0 Å². The molecule has 0 saturated carbocycles. The molecule has 5 nitrogen and oxygen atoms in total. The van der Waals surface area contributed by atoms with Gasteiger partial charge in [0.15, 0.2) is 5.96 Å². The maximum absolute atomic E-state index is 5.31. The first kappa shape index (κ1) is 15.4. The van der Waals surface area contributed by atoms with E-state index >= 15 is 0 Å². The lowest BCUT2D eigenvalue weighted by molar-refractivity contribution is 0.189. The van der Waals surface area contributed by atoms with Gasteiger partial charge in [-0.1, -0.05) is 6.92 Å². The Kier molecular flexibility index (Phi) is 5.68. The molecule has 2 atom stereocenters. The van der Waals surface area contributed by atoms with Gasteiger partial charge in [0, 0.05) is 38.4 Å². The average molecular weight is 287 g/mol. The lowest BCUT2D eigenvalue weighted by Gasteiger charge is -2.39. The third kappa shape index (κ3) is 4.01. The lowest BCUT2D eigenvalue weighted by Crippen LogP contribution is -2.49. The SMILES string of the molecule is C#CCCN=C(NCC)N1CCC(C)C(n2ccnc2)C1. The second-order valence-corrected chi connectivity index (χ2v) is 5.48. The monoisotopic (exact) mass is 287 g/mol. The van der Waals surface area contributed by atoms with Crippen molar-refractivity contribution in [3.05, 3.63) is 18.7 Å². The highest BCUT2D eigenvalue weighted by molar-refractivity contribution is 5.80. The topological polar surface area (TPSA) is 45.5 Å². The molecule has 1 aromatic heterocycles. The molecule has 5 heteroatoms. The molecule has 1 N–H and O–H groups in total. The van der Waals surface area contributed by atoms with Gasteiger partial charge in [0.1, 0.15) is 0 Å². The molecule has 1 saturated heterocycles. The molecule has 2 rings (SSSR count). The van der Waals surface area contributed by atoms with Crippen molar-refractivity contribution in [1.82, 2.24) is 19.8 Å². The van der Waals surface area contributed by atoms with Crippen molar-refractivity contribution in [3.8, 4) is 12.3 Å². The van der Waals surface area contributed by atoms with Crippen molar-refractivity contribution < 1.29 is 0 Å². The molecule has 0 radical (unpaired) electrons. The van der Waals surface area contributed by atoms with Crippen LogP contribution in [0.1, 0.15) is 32.7 Å². The van der Waals surface area contributed by atoms with Gasteiger partial charge in [-0.15, -0.1) is 12.3 Å². The molecule has 0 amide bonds. The number of hydrogen-bond donors (Lipinski definition) is 1. The number of aliphatic imine (C=N–C) groups is 1. The number of likely N-dealkylation sites (tertiary alicyclic amines) is 1. The van der Waals surface area contributed by atoms with Crippen LogP contribution in [-0.4, -0.2) is 46.6 Å². The van der Waals surface area contributed by atoms with Gasteiger partial charge in [-0.05, 0) is 19.3 Å². The van der Waals surface area contributed by atoms with Crippen LogP contribution in [0.15, 0.2) is 23.7 Å². The summed E-state index contributed by atoms with van der Waals surface area (Å²) < 4.78 is 2.21. The number of nitrogens with one attached hydrogen (secondary N) is 1. The maximum Gasteiger partial charge on any atom is 0.194 e. The summed E-state index contributed by atoms with van der Waals surface area (Å²) >= 11 is 0. The van der Waals surface area contributed by atoms with E-state index in [9.17, 15) is 0 Å². The number of nitrogens with zero attached hydrogens (tertiary/aromatic N) is 4. The van der Waals surface area contributed by atoms with E-state index in [1.807, 2.05) is 18.7 Å². The molecule has 0 aromatic carbocycles. The average Bonchev–Trinajstić information content (AvgIpc) is 3.01. The summed E-state index contributed by atoms with van der Waals surface area (Å²) in [6.07, 6.45) is 13.0. The molecule has 0 spiro atoms. The number of aromatic nitrogens is 2. The second-order valence-electron chi connectivity index (χ2n) is 5.48. The predicted molar refractivity (Wildman–Crippen MR) is 86.0 cm³/mol. The number of piperidine rings is 1. The second kappa shape index (κ2) is 7.72. The van der Waals surface area contributed by atoms with E-state index in [0.29, 0.717) is 24.9 Å². The summed E-state index contributed by atoms with van der Waals surface area (Å²) in [5.74, 6) is 4.26. The number of terminal acetylenes is 1. The van der Waals surface area contributed by atoms with Gasteiger partial charge in [0.05, 0.1) is 18.9 Å². The Bertz CT molecular complexity index is 485. The van der Waals surface area contributed by atoms with Gasteiger partial charge in [-0.25, -0.2) is 4.98 Å². The number of hydrogen-bond acceptors (Lipinski definition) is 2. The summed E-state index contributed by atoms with van der Waals surface area (Å²) in [7, 11) is 0. The quantitative estimate of drug-likeness (QED) is 0.397. The van der Waals surface area contributed by atoms with Gasteiger partial charge in [-0.2, -0.15) is 0 Å². The largest absolute Gasteiger partial charge is 0.357 e. The van der Waals surface area contributed by atoms with E-state index in [-0.39, 0.29) is 0 Å². The van der Waals surface area contributed by atoms with Crippen molar-refractivity contribution >= 4 is 5.96 Å². The molecule has 1 aliphatic heterocycles. The smallest absolute Gasteiger partial charge is 0.194 e. The molecule has 1 fully saturated rings. The lowest BCUT2D eigenvalue weighted by atomic mass is 9.93. The Balaban J connectivity index is 2.07. The van der Waals surface area contributed by atoms with E-state index in [1.165, 1.54) is 0 Å². The van der Waals surface area contributed by atoms with Crippen LogP contribution < -0.4 is 5.32 Å². The van der Waals surface area contributed by atoms with Gasteiger partial charge in [-0.3, -0.25) is 4.99 Å². The van der Waals surface area contributed by atoms with Crippen molar-refractivity contribution in [2.45, 2.75) is 32.7 Å². The molecule has 21 heavy (non-hydrogen) atoms. The normalized spacial score (nSPS) is 22.9. The zero-order chi connectivity index (χ0) is 15.1. The summed E-state index contributed by atoms with van der Waals surface area (Å²) in [5.41, 5.74) is 0. The standard InChI is InChI=1S/C16H25N5/c1-4-6-8-19-16(18-5-2)20-10-7-14(3)15(12-20)21-11-9-17-13-21/h1,9,11,13-15H,5-8,10,12H2,2-3H3,(H,18,19). The fourth-order valence-corrected chi connectivity index (χ4v) is 2.75. The third-order valence-electron chi connectivity index (χ3n) is 3.98. The van der Waals surface area contributed by atoms with Gasteiger partial charge >= 0.3 is 0 Å². The van der Waals surface area contributed by atoms with Crippen molar-refractivity contribution in [1.29, 1.82) is 0 Å². The highest BCUT2D eigenvalue weighted by atomic mass is 15.3. The molecule has 0 bridgehead atoms. The van der Waals surface area contributed by atoms with E-state index < -0.39 is 0 Å². The Hall–Kier alpha value is -1.96. The molecule has 1 aliphatic rings. The van der Waals surface area contributed by atoms with E-state index in [2.05, 4.69) is 44.5 Å². The molecule has 2 heterocycles. The van der Waals surface area contributed by atoms with Crippen molar-refractivity contribution in [2.75, 3.05) is 26.2 Å². The van der Waals surface area contributed by atoms with Crippen LogP contribution in [0.4, 0.5) is 0 Å². The maximum atomic E-state index is 5.31. The van der Waals surface area contributed by atoms with Crippen LogP contribution in [0.5, 0.6) is 0 Å². The molecule has 1 aromatic rings. The summed E-state index contributed by atoms with van der Waals surface area (Å²) in [4.78, 5) is 11.1. The molecular weight excluding hydrogens is 262 g/mol. The van der Waals surface area contributed by atoms with Crippen molar-refractivity contribution in [2.24, 2.45) is 10.9 Å². The molecule has 114 valence electrons. The van der Waals surface area contributed by atoms with Crippen LogP contribution in [0.25, 0.3) is 0 Å². The minimum absolute atomic E-state index is 0.442. The first-order chi connectivity index (χ1) is 10.3. The Morgan fingerprint density at radius 2 is 2.43 bits per heavy atom. The van der Waals surface area contributed by atoms with Gasteiger partial charge in [0.2, 0.25) is 0 Å². The Morgan fingerprint density at radius 3 is 3.10 bits per heavy atom. The molecule has 2 unspecified atom stereocenters. The van der Waals surface area contributed by atoms with Crippen LogP contribution >= 0.6 is 0 Å². The van der Waals surface area contributed by atoms with Crippen LogP contribution in [0.3, 0.4) is 0 Å². The zero-order valence-electron chi connectivity index (χ0n) is 13.0. The minimum atomic E-state index is 0.442. The van der Waals surface area contributed by atoms with Gasteiger partial charge in [0.25, 0.3) is 0 Å². The summed E-state index contributed by atoms with van der Waals surface area (Å²) in [6.45, 7) is 7.95. The summed E-state index contributed by atoms with van der Waals surface area (Å²) in [5, 5.41) is 3.37. The Morgan fingerprint density at radius 1 is 1.57 bits per heavy atom. The first-order valence-corrected chi connectivity index (χ1v) is 7.70. The summed E-state index contributed by atoms with van der Waals surface area (Å²) in [6, 6.07) is 0.442.